The summed E-state index contributed by atoms with van der Waals surface area (Å²) in [4.78, 5) is 16.5. The highest BCUT2D eigenvalue weighted by Gasteiger charge is 2.21. The summed E-state index contributed by atoms with van der Waals surface area (Å²) < 4.78 is 0. The minimum Gasteiger partial charge on any atom is -0.378 e. The number of hydrogen-bond acceptors (Lipinski definition) is 5. The van der Waals surface area contributed by atoms with Crippen molar-refractivity contribution in [3.63, 3.8) is 0 Å². The second-order valence-electron chi connectivity index (χ2n) is 5.06. The van der Waals surface area contributed by atoms with Gasteiger partial charge in [0.25, 0.3) is 0 Å². The molecule has 21 heavy (non-hydrogen) atoms. The molecule has 0 saturated heterocycles. The molecule has 1 aliphatic carbocycles. The molecule has 2 N–H and O–H groups in total. The van der Waals surface area contributed by atoms with E-state index >= 15 is 0 Å². The number of nitro groups is 1. The maximum Gasteiger partial charge on any atom is 0.319 e. The van der Waals surface area contributed by atoms with Crippen molar-refractivity contribution in [1.29, 1.82) is 0 Å². The van der Waals surface area contributed by atoms with Gasteiger partial charge in [-0.05, 0) is 50.0 Å². The summed E-state index contributed by atoms with van der Waals surface area (Å²) in [7, 11) is 0. The first kappa shape index (κ1) is 13.8. The Bertz CT molecular complexity index is 713. The summed E-state index contributed by atoms with van der Waals surface area (Å²) in [5, 5.41) is 11.2. The molecule has 1 saturated carbocycles. The number of aromatic nitrogens is 1. The molecule has 0 amide bonds. The Labute approximate surface area is 126 Å². The van der Waals surface area contributed by atoms with Gasteiger partial charge in [0.1, 0.15) is 0 Å². The fourth-order valence-corrected chi connectivity index (χ4v) is 3.64. The fraction of sp³-hybridized carbons (Fsp3) is 0.267. The van der Waals surface area contributed by atoms with Crippen LogP contribution in [-0.2, 0) is 0 Å². The van der Waals surface area contributed by atoms with Crippen LogP contribution in [0.2, 0.25) is 0 Å². The molecule has 3 rings (SSSR count). The van der Waals surface area contributed by atoms with Gasteiger partial charge in [0, 0.05) is 16.0 Å². The van der Waals surface area contributed by atoms with E-state index in [2.05, 4.69) is 11.1 Å². The molecule has 0 unspecified atom stereocenters. The number of nitrogens with zero attached hydrogens (tertiary/aromatic N) is 2. The zero-order chi connectivity index (χ0) is 14.8. The maximum atomic E-state index is 11.2. The summed E-state index contributed by atoms with van der Waals surface area (Å²) in [5.41, 5.74) is 7.53. The molecule has 2 aromatic rings. The summed E-state index contributed by atoms with van der Waals surface area (Å²) in [6, 6.07) is 5.56. The van der Waals surface area contributed by atoms with Crippen molar-refractivity contribution in [2.24, 2.45) is 0 Å². The van der Waals surface area contributed by atoms with E-state index in [-0.39, 0.29) is 11.5 Å². The lowest BCUT2D eigenvalue weighted by atomic mass is 10.1. The first-order chi connectivity index (χ1) is 10.1. The highest BCUT2D eigenvalue weighted by Crippen LogP contribution is 2.38. The predicted molar refractivity (Wildman–Crippen MR) is 85.1 cm³/mol. The van der Waals surface area contributed by atoms with E-state index in [1.807, 2.05) is 12.1 Å². The topological polar surface area (TPSA) is 82.0 Å². The monoisotopic (exact) mass is 301 g/mol. The molecule has 0 spiro atoms. The van der Waals surface area contributed by atoms with Crippen molar-refractivity contribution in [2.45, 2.75) is 25.7 Å². The van der Waals surface area contributed by atoms with Gasteiger partial charge < -0.3 is 5.73 Å². The minimum atomic E-state index is -0.466. The highest BCUT2D eigenvalue weighted by molar-refractivity contribution is 7.16. The van der Waals surface area contributed by atoms with E-state index in [4.69, 9.17) is 5.73 Å². The summed E-state index contributed by atoms with van der Waals surface area (Å²) in [6.07, 6.45) is 8.56. The van der Waals surface area contributed by atoms with Gasteiger partial charge >= 0.3 is 5.69 Å². The number of anilines is 1. The fourth-order valence-electron chi connectivity index (χ4n) is 2.61. The van der Waals surface area contributed by atoms with Crippen molar-refractivity contribution in [3.8, 4) is 10.4 Å². The molecule has 5 nitrogen and oxygen atoms in total. The van der Waals surface area contributed by atoms with Crippen LogP contribution in [0.25, 0.3) is 16.5 Å². The third-order valence-corrected chi connectivity index (χ3v) is 4.69. The first-order valence-corrected chi connectivity index (χ1v) is 7.65. The van der Waals surface area contributed by atoms with Gasteiger partial charge in [0.15, 0.2) is 0 Å². The van der Waals surface area contributed by atoms with Crippen molar-refractivity contribution in [1.82, 2.24) is 4.98 Å². The quantitative estimate of drug-likeness (QED) is 0.678. The third kappa shape index (κ3) is 2.80. The van der Waals surface area contributed by atoms with Crippen LogP contribution in [0.1, 0.15) is 30.6 Å². The number of pyridine rings is 1. The average Bonchev–Trinajstić information content (AvgIpc) is 3.10. The molecule has 0 atom stereocenters. The van der Waals surface area contributed by atoms with Crippen LogP contribution in [0.4, 0.5) is 11.5 Å². The van der Waals surface area contributed by atoms with Gasteiger partial charge in [-0.25, -0.2) is 4.98 Å². The van der Waals surface area contributed by atoms with E-state index in [1.54, 1.807) is 17.4 Å². The summed E-state index contributed by atoms with van der Waals surface area (Å²) >= 11 is 1.55. The van der Waals surface area contributed by atoms with Gasteiger partial charge in [-0.3, -0.25) is 10.1 Å². The van der Waals surface area contributed by atoms with Crippen molar-refractivity contribution >= 4 is 28.9 Å². The van der Waals surface area contributed by atoms with Gasteiger partial charge in [-0.1, -0.05) is 5.57 Å². The van der Waals surface area contributed by atoms with Gasteiger partial charge in [0.05, 0.1) is 10.5 Å². The van der Waals surface area contributed by atoms with Crippen LogP contribution in [-0.4, -0.2) is 9.91 Å². The maximum absolute atomic E-state index is 11.2. The summed E-state index contributed by atoms with van der Waals surface area (Å²) in [6.45, 7) is 0. The zero-order valence-corrected chi connectivity index (χ0v) is 12.2. The zero-order valence-electron chi connectivity index (χ0n) is 11.4. The largest absolute Gasteiger partial charge is 0.378 e. The smallest absolute Gasteiger partial charge is 0.319 e. The Hall–Kier alpha value is -2.21. The third-order valence-electron chi connectivity index (χ3n) is 3.62. The van der Waals surface area contributed by atoms with Crippen LogP contribution >= 0.6 is 11.3 Å². The van der Waals surface area contributed by atoms with Crippen molar-refractivity contribution in [2.75, 3.05) is 5.73 Å². The number of nitrogens with two attached hydrogens (primary N) is 1. The molecule has 1 aliphatic rings. The molecule has 2 heterocycles. The van der Waals surface area contributed by atoms with Crippen molar-refractivity contribution < 1.29 is 4.92 Å². The predicted octanol–water partition coefficient (Wildman–Crippen LogP) is 4.26. The normalized spacial score (nSPS) is 14.4. The molecule has 1 fully saturated rings. The van der Waals surface area contributed by atoms with Gasteiger partial charge in [-0.2, -0.15) is 0 Å². The molecule has 0 bridgehead atoms. The molecule has 0 radical (unpaired) electrons. The Kier molecular flexibility index (Phi) is 3.70. The van der Waals surface area contributed by atoms with E-state index in [0.717, 1.165) is 22.6 Å². The van der Waals surface area contributed by atoms with Crippen LogP contribution in [0, 0.1) is 10.1 Å². The Morgan fingerprint density at radius 2 is 2.05 bits per heavy atom. The standard InChI is InChI=1S/C15H15N3O2S/c16-15-14(18(19)20)12(7-8-17-15)13-6-5-11(21-13)9-10-3-1-2-4-10/h5-9H,1-4H2,(H2,16,17). The van der Waals surface area contributed by atoms with Crippen LogP contribution in [0.5, 0.6) is 0 Å². The molecule has 0 aromatic carbocycles. The minimum absolute atomic E-state index is 0.0402. The molecule has 6 heteroatoms. The first-order valence-electron chi connectivity index (χ1n) is 6.83. The Morgan fingerprint density at radius 3 is 2.76 bits per heavy atom. The number of rotatable bonds is 3. The van der Waals surface area contributed by atoms with Crippen LogP contribution < -0.4 is 5.73 Å². The molecule has 2 aromatic heterocycles. The average molecular weight is 301 g/mol. The second-order valence-corrected chi connectivity index (χ2v) is 6.18. The van der Waals surface area contributed by atoms with Crippen LogP contribution in [0.15, 0.2) is 30.0 Å². The second kappa shape index (κ2) is 5.65. The van der Waals surface area contributed by atoms with Gasteiger partial charge in [-0.15, -0.1) is 11.3 Å². The Morgan fingerprint density at radius 1 is 1.29 bits per heavy atom. The number of thiophene rings is 1. The molecular weight excluding hydrogens is 286 g/mol. The van der Waals surface area contributed by atoms with Crippen LogP contribution in [0.3, 0.4) is 0 Å². The summed E-state index contributed by atoms with van der Waals surface area (Å²) in [5.74, 6) is -0.0402. The number of allylic oxidation sites excluding steroid dienone is 1. The number of hydrogen-bond donors (Lipinski definition) is 1. The van der Waals surface area contributed by atoms with E-state index in [9.17, 15) is 10.1 Å². The number of nitrogen functional groups attached to an aromatic ring is 1. The molecular formula is C15H15N3O2S. The van der Waals surface area contributed by atoms with E-state index < -0.39 is 4.92 Å². The van der Waals surface area contributed by atoms with E-state index in [1.165, 1.54) is 24.6 Å². The van der Waals surface area contributed by atoms with Crippen molar-refractivity contribution in [3.05, 3.63) is 45.0 Å². The van der Waals surface area contributed by atoms with Gasteiger partial charge in [0.2, 0.25) is 5.82 Å². The lowest BCUT2D eigenvalue weighted by molar-refractivity contribution is -0.383. The van der Waals surface area contributed by atoms with E-state index in [0.29, 0.717) is 5.56 Å². The molecule has 0 aliphatic heterocycles. The Balaban J connectivity index is 1.99. The lowest BCUT2D eigenvalue weighted by Gasteiger charge is -2.01. The SMILES string of the molecule is Nc1nccc(-c2ccc(C=C3CCCC3)s2)c1[N+](=O)[O-]. The molecule has 108 valence electrons. The lowest BCUT2D eigenvalue weighted by Crippen LogP contribution is -1.99. The highest BCUT2D eigenvalue weighted by atomic mass is 32.1.